The van der Waals surface area contributed by atoms with Crippen LogP contribution in [0.1, 0.15) is 26.2 Å². The third-order valence-electron chi connectivity index (χ3n) is 5.94. The molecule has 9 nitrogen and oxygen atoms in total. The highest BCUT2D eigenvalue weighted by atomic mass is 35.5. The number of nitrogens with one attached hydrogen (secondary N) is 2. The van der Waals surface area contributed by atoms with Gasteiger partial charge in [0.25, 0.3) is 0 Å². The topological polar surface area (TPSA) is 97.8 Å². The van der Waals surface area contributed by atoms with Crippen LogP contribution in [0.2, 0.25) is 5.02 Å². The molecule has 1 amide bonds. The first-order chi connectivity index (χ1) is 17.5. The minimum atomic E-state index is -0.0851. The van der Waals surface area contributed by atoms with Gasteiger partial charge in [0.15, 0.2) is 0 Å². The molecule has 2 aromatic carbocycles. The van der Waals surface area contributed by atoms with E-state index in [2.05, 4.69) is 25.5 Å². The molecule has 1 aliphatic rings. The van der Waals surface area contributed by atoms with Crippen molar-refractivity contribution in [3.8, 4) is 17.4 Å². The third-order valence-corrected chi connectivity index (χ3v) is 6.20. The number of methoxy groups -OCH3 is 2. The van der Waals surface area contributed by atoms with Crippen LogP contribution in [0.5, 0.6) is 17.4 Å². The van der Waals surface area contributed by atoms with Gasteiger partial charge in [0.05, 0.1) is 25.1 Å². The molecule has 3 aromatic rings. The van der Waals surface area contributed by atoms with Crippen molar-refractivity contribution in [3.05, 3.63) is 53.7 Å². The Bertz CT molecular complexity index is 1200. The van der Waals surface area contributed by atoms with E-state index in [1.807, 2.05) is 18.2 Å². The van der Waals surface area contributed by atoms with Gasteiger partial charge < -0.3 is 29.7 Å². The minimum absolute atomic E-state index is 0.0851. The molecule has 1 fully saturated rings. The number of hydrogen-bond donors (Lipinski definition) is 2. The number of halogens is 1. The molecule has 4 rings (SSSR count). The van der Waals surface area contributed by atoms with Gasteiger partial charge in [-0.3, -0.25) is 4.79 Å². The van der Waals surface area contributed by atoms with Gasteiger partial charge in [-0.25, -0.2) is 4.98 Å². The van der Waals surface area contributed by atoms with Gasteiger partial charge in [-0.1, -0.05) is 24.6 Å². The van der Waals surface area contributed by atoms with E-state index in [9.17, 15) is 4.79 Å². The first kappa shape index (κ1) is 25.5. The Morgan fingerprint density at radius 2 is 1.97 bits per heavy atom. The van der Waals surface area contributed by atoms with E-state index in [0.717, 1.165) is 31.6 Å². The van der Waals surface area contributed by atoms with Crippen LogP contribution in [0.4, 0.5) is 23.0 Å². The van der Waals surface area contributed by atoms with Crippen molar-refractivity contribution in [1.82, 2.24) is 9.97 Å². The van der Waals surface area contributed by atoms with E-state index < -0.39 is 0 Å². The first-order valence-corrected chi connectivity index (χ1v) is 12.2. The number of amides is 1. The quantitative estimate of drug-likeness (QED) is 0.381. The predicted molar refractivity (Wildman–Crippen MR) is 141 cm³/mol. The highest BCUT2D eigenvalue weighted by Crippen LogP contribution is 2.34. The minimum Gasteiger partial charge on any atom is -0.494 e. The molecular formula is C26H30ClN5O4. The van der Waals surface area contributed by atoms with Crippen molar-refractivity contribution in [3.63, 3.8) is 0 Å². The van der Waals surface area contributed by atoms with Gasteiger partial charge in [0.2, 0.25) is 17.7 Å². The molecule has 10 heteroatoms. The number of anilines is 4. The van der Waals surface area contributed by atoms with Crippen LogP contribution < -0.4 is 25.0 Å². The Balaban J connectivity index is 1.48. The lowest BCUT2D eigenvalue weighted by Crippen LogP contribution is -2.36. The summed E-state index contributed by atoms with van der Waals surface area (Å²) < 4.78 is 17.0. The molecular weight excluding hydrogens is 482 g/mol. The van der Waals surface area contributed by atoms with Crippen molar-refractivity contribution in [1.29, 1.82) is 0 Å². The van der Waals surface area contributed by atoms with E-state index >= 15 is 0 Å². The molecule has 2 N–H and O–H groups in total. The number of carbonyl (C=O) groups excluding carboxylic acids is 1. The highest BCUT2D eigenvalue weighted by Gasteiger charge is 2.20. The zero-order valence-corrected chi connectivity index (χ0v) is 21.3. The maximum absolute atomic E-state index is 11.7. The smallest absolute Gasteiger partial charge is 0.243 e. The molecule has 0 aliphatic carbocycles. The van der Waals surface area contributed by atoms with Gasteiger partial charge in [0.1, 0.15) is 16.5 Å². The second-order valence-corrected chi connectivity index (χ2v) is 8.72. The fraction of sp³-hybridized carbons (Fsp3) is 0.346. The fourth-order valence-electron chi connectivity index (χ4n) is 3.93. The van der Waals surface area contributed by atoms with Gasteiger partial charge in [-0.2, -0.15) is 4.98 Å². The molecule has 0 spiro atoms. The summed E-state index contributed by atoms with van der Waals surface area (Å²) in [5, 5.41) is 6.24. The van der Waals surface area contributed by atoms with Crippen molar-refractivity contribution < 1.29 is 19.0 Å². The van der Waals surface area contributed by atoms with Crippen LogP contribution in [0.3, 0.4) is 0 Å². The largest absolute Gasteiger partial charge is 0.494 e. The molecule has 2 heterocycles. The van der Waals surface area contributed by atoms with Crippen molar-refractivity contribution in [2.24, 2.45) is 0 Å². The van der Waals surface area contributed by atoms with E-state index in [1.165, 1.54) is 6.20 Å². The lowest BCUT2D eigenvalue weighted by atomic mass is 10.1. The maximum Gasteiger partial charge on any atom is 0.243 e. The molecule has 1 aromatic heterocycles. The normalized spacial score (nSPS) is 13.8. The number of piperidine rings is 1. The molecule has 0 bridgehead atoms. The van der Waals surface area contributed by atoms with Gasteiger partial charge in [-0.05, 0) is 37.1 Å². The SMILES string of the molecule is CCC(=O)Nc1cccc(Oc2nc(Nc3ccc(N4CCC(OC)CC4)cc3OC)ncc2Cl)c1. The monoisotopic (exact) mass is 511 g/mol. The van der Waals surface area contributed by atoms with E-state index in [4.69, 9.17) is 25.8 Å². The van der Waals surface area contributed by atoms with Crippen molar-refractivity contribution in [2.45, 2.75) is 32.3 Å². The molecule has 190 valence electrons. The molecule has 1 aliphatic heterocycles. The molecule has 36 heavy (non-hydrogen) atoms. The Morgan fingerprint density at radius 3 is 2.69 bits per heavy atom. The zero-order chi connectivity index (χ0) is 25.5. The lowest BCUT2D eigenvalue weighted by Gasteiger charge is -2.33. The summed E-state index contributed by atoms with van der Waals surface area (Å²) >= 11 is 6.30. The predicted octanol–water partition coefficient (Wildman–Crippen LogP) is 5.64. The number of benzene rings is 2. The number of nitrogens with zero attached hydrogens (tertiary/aromatic N) is 3. The molecule has 0 unspecified atom stereocenters. The summed E-state index contributed by atoms with van der Waals surface area (Å²) in [5.74, 6) is 1.55. The average molecular weight is 512 g/mol. The van der Waals surface area contributed by atoms with Gasteiger partial charge in [0, 0.05) is 50.1 Å². The Morgan fingerprint density at radius 1 is 1.17 bits per heavy atom. The van der Waals surface area contributed by atoms with Crippen LogP contribution >= 0.6 is 11.6 Å². The van der Waals surface area contributed by atoms with Gasteiger partial charge >= 0.3 is 0 Å². The molecule has 0 saturated carbocycles. The Kier molecular flexibility index (Phi) is 8.45. The molecule has 1 saturated heterocycles. The number of aromatic nitrogens is 2. The lowest BCUT2D eigenvalue weighted by molar-refractivity contribution is -0.115. The number of ether oxygens (including phenoxy) is 3. The highest BCUT2D eigenvalue weighted by molar-refractivity contribution is 6.31. The van der Waals surface area contributed by atoms with Crippen LogP contribution in [0.25, 0.3) is 0 Å². The second-order valence-electron chi connectivity index (χ2n) is 8.31. The molecule has 0 radical (unpaired) electrons. The summed E-state index contributed by atoms with van der Waals surface area (Å²) in [6.45, 7) is 3.65. The summed E-state index contributed by atoms with van der Waals surface area (Å²) in [6.07, 6.45) is 4.16. The Labute approximate surface area is 215 Å². The van der Waals surface area contributed by atoms with Crippen LogP contribution in [0, 0.1) is 0 Å². The summed E-state index contributed by atoms with van der Waals surface area (Å²) in [7, 11) is 3.40. The van der Waals surface area contributed by atoms with E-state index in [0.29, 0.717) is 41.3 Å². The van der Waals surface area contributed by atoms with E-state index in [1.54, 1.807) is 45.4 Å². The van der Waals surface area contributed by atoms with Crippen molar-refractivity contribution >= 4 is 40.5 Å². The number of hydrogen-bond acceptors (Lipinski definition) is 8. The summed E-state index contributed by atoms with van der Waals surface area (Å²) in [6, 6.07) is 13.0. The first-order valence-electron chi connectivity index (χ1n) is 11.8. The number of rotatable bonds is 9. The maximum atomic E-state index is 11.7. The second kappa shape index (κ2) is 11.9. The van der Waals surface area contributed by atoms with Crippen LogP contribution in [-0.2, 0) is 9.53 Å². The average Bonchev–Trinajstić information content (AvgIpc) is 2.91. The van der Waals surface area contributed by atoms with Crippen molar-refractivity contribution in [2.75, 3.05) is 42.8 Å². The standard InChI is InChI=1S/C26H30ClN5O4/c1-4-24(33)29-17-6-5-7-20(14-17)36-25-21(27)16-28-26(31-25)30-22-9-8-18(15-23(22)35-3)32-12-10-19(34-2)11-13-32/h5-9,14-16,19H,4,10-13H2,1-3H3,(H,29,33)(H,28,30,31). The number of carbonyl (C=O) groups is 1. The Hall–Kier alpha value is -3.56. The zero-order valence-electron chi connectivity index (χ0n) is 20.6. The van der Waals surface area contributed by atoms with E-state index in [-0.39, 0.29) is 16.8 Å². The third kappa shape index (κ3) is 6.35. The van der Waals surface area contributed by atoms with Gasteiger partial charge in [-0.15, -0.1) is 0 Å². The van der Waals surface area contributed by atoms with Crippen LogP contribution in [0.15, 0.2) is 48.7 Å². The summed E-state index contributed by atoms with van der Waals surface area (Å²) in [4.78, 5) is 22.7. The summed E-state index contributed by atoms with van der Waals surface area (Å²) in [5.41, 5.74) is 2.42. The molecule has 0 atom stereocenters. The fourth-order valence-corrected chi connectivity index (χ4v) is 4.06. The van der Waals surface area contributed by atoms with Crippen LogP contribution in [-0.4, -0.2) is 49.3 Å².